The molecule has 1 aromatic rings. The Morgan fingerprint density at radius 1 is 1.71 bits per heavy atom. The molecule has 1 aliphatic heterocycles. The van der Waals surface area contributed by atoms with Crippen molar-refractivity contribution in [2.24, 2.45) is 13.0 Å². The Balaban J connectivity index is 2.16. The number of aromatic nitrogens is 3. The Hall–Kier alpha value is -0.550. The van der Waals surface area contributed by atoms with E-state index in [1.54, 1.807) is 6.33 Å². The van der Waals surface area contributed by atoms with Crippen LogP contribution in [0.4, 0.5) is 0 Å². The van der Waals surface area contributed by atoms with Crippen molar-refractivity contribution in [2.75, 3.05) is 18.6 Å². The van der Waals surface area contributed by atoms with Crippen molar-refractivity contribution >= 4 is 11.8 Å². The second kappa shape index (κ2) is 4.31. The lowest BCUT2D eigenvalue weighted by atomic mass is 9.99. The molecule has 4 nitrogen and oxygen atoms in total. The quantitative estimate of drug-likeness (QED) is 0.806. The van der Waals surface area contributed by atoms with Crippen LogP contribution in [0, 0.1) is 5.92 Å². The highest BCUT2D eigenvalue weighted by atomic mass is 32.2. The van der Waals surface area contributed by atoms with Crippen LogP contribution in [0.15, 0.2) is 6.33 Å². The average molecular weight is 212 g/mol. The summed E-state index contributed by atoms with van der Waals surface area (Å²) in [5, 5.41) is 7.47. The Labute approximate surface area is 88.5 Å². The number of thioether (sulfide) groups is 1. The lowest BCUT2D eigenvalue weighted by Crippen LogP contribution is -2.28. The second-order valence-electron chi connectivity index (χ2n) is 3.63. The smallest absolute Gasteiger partial charge is 0.144 e. The summed E-state index contributed by atoms with van der Waals surface area (Å²) in [4.78, 5) is 4.31. The Kier molecular flexibility index (Phi) is 3.08. The minimum atomic E-state index is 0.359. The molecular weight excluding hydrogens is 196 g/mol. The predicted octanol–water partition coefficient (Wildman–Crippen LogP) is 0.829. The molecule has 1 aliphatic rings. The molecule has 1 fully saturated rings. The third-order valence-corrected chi connectivity index (χ3v) is 3.96. The van der Waals surface area contributed by atoms with E-state index in [0.29, 0.717) is 12.0 Å². The molecule has 2 atom stereocenters. The first-order chi connectivity index (χ1) is 6.83. The zero-order valence-electron chi connectivity index (χ0n) is 8.60. The van der Waals surface area contributed by atoms with Gasteiger partial charge in [0.1, 0.15) is 12.2 Å². The summed E-state index contributed by atoms with van der Waals surface area (Å²) in [6.07, 6.45) is 2.91. The molecule has 14 heavy (non-hydrogen) atoms. The van der Waals surface area contributed by atoms with E-state index in [-0.39, 0.29) is 0 Å². The van der Waals surface area contributed by atoms with Crippen molar-refractivity contribution in [3.05, 3.63) is 12.2 Å². The minimum Gasteiger partial charge on any atom is -0.310 e. The van der Waals surface area contributed by atoms with E-state index >= 15 is 0 Å². The largest absolute Gasteiger partial charge is 0.310 e. The molecule has 1 saturated heterocycles. The van der Waals surface area contributed by atoms with Gasteiger partial charge in [-0.3, -0.25) is 4.68 Å². The van der Waals surface area contributed by atoms with E-state index in [1.807, 2.05) is 30.5 Å². The fourth-order valence-electron chi connectivity index (χ4n) is 1.98. The van der Waals surface area contributed by atoms with Crippen LogP contribution in [0.5, 0.6) is 0 Å². The number of aryl methyl sites for hydroxylation is 1. The van der Waals surface area contributed by atoms with Crippen molar-refractivity contribution in [2.45, 2.75) is 12.5 Å². The van der Waals surface area contributed by atoms with Crippen molar-refractivity contribution in [1.29, 1.82) is 0 Å². The van der Waals surface area contributed by atoms with Gasteiger partial charge in [-0.15, -0.1) is 0 Å². The number of hydrogen-bond donors (Lipinski definition) is 1. The topological polar surface area (TPSA) is 42.7 Å². The van der Waals surface area contributed by atoms with Gasteiger partial charge in [-0.05, 0) is 30.9 Å². The molecule has 5 heteroatoms. The van der Waals surface area contributed by atoms with Gasteiger partial charge in [-0.1, -0.05) is 0 Å². The summed E-state index contributed by atoms with van der Waals surface area (Å²) in [5.41, 5.74) is 0. The number of nitrogens with zero attached hydrogens (tertiary/aromatic N) is 3. The SMILES string of the molecule is CNC(c1ncnn1C)C1CCSC1. The first-order valence-corrected chi connectivity index (χ1v) is 6.07. The monoisotopic (exact) mass is 212 g/mol. The van der Waals surface area contributed by atoms with Crippen molar-refractivity contribution in [1.82, 2.24) is 20.1 Å². The standard InChI is InChI=1S/C9H16N4S/c1-10-8(7-3-4-14-5-7)9-11-6-12-13(9)2/h6-8,10H,3-5H2,1-2H3. The molecule has 0 spiro atoms. The van der Waals surface area contributed by atoms with Crippen LogP contribution in [-0.2, 0) is 7.05 Å². The lowest BCUT2D eigenvalue weighted by molar-refractivity contribution is 0.389. The second-order valence-corrected chi connectivity index (χ2v) is 4.78. The highest BCUT2D eigenvalue weighted by molar-refractivity contribution is 7.99. The molecule has 0 bridgehead atoms. The summed E-state index contributed by atoms with van der Waals surface area (Å²) in [6, 6.07) is 0.359. The molecule has 0 aromatic carbocycles. The van der Waals surface area contributed by atoms with Crippen molar-refractivity contribution < 1.29 is 0 Å². The van der Waals surface area contributed by atoms with Gasteiger partial charge in [0.25, 0.3) is 0 Å². The van der Waals surface area contributed by atoms with Gasteiger partial charge >= 0.3 is 0 Å². The van der Waals surface area contributed by atoms with Gasteiger partial charge in [0.15, 0.2) is 0 Å². The summed E-state index contributed by atoms with van der Waals surface area (Å²) in [6.45, 7) is 0. The van der Waals surface area contributed by atoms with Crippen LogP contribution in [-0.4, -0.2) is 33.3 Å². The molecule has 0 aliphatic carbocycles. The number of rotatable bonds is 3. The zero-order chi connectivity index (χ0) is 9.97. The van der Waals surface area contributed by atoms with Crippen LogP contribution < -0.4 is 5.32 Å². The van der Waals surface area contributed by atoms with Crippen LogP contribution in [0.3, 0.4) is 0 Å². The molecule has 1 aromatic heterocycles. The zero-order valence-corrected chi connectivity index (χ0v) is 9.42. The van der Waals surface area contributed by atoms with Gasteiger partial charge in [0, 0.05) is 7.05 Å². The highest BCUT2D eigenvalue weighted by Crippen LogP contribution is 2.32. The molecule has 2 heterocycles. The summed E-state index contributed by atoms with van der Waals surface area (Å²) in [5.74, 6) is 4.27. The Bertz CT molecular complexity index is 293. The molecule has 0 saturated carbocycles. The summed E-state index contributed by atoms with van der Waals surface area (Å²) < 4.78 is 1.87. The van der Waals surface area contributed by atoms with E-state index in [1.165, 1.54) is 17.9 Å². The van der Waals surface area contributed by atoms with Crippen molar-refractivity contribution in [3.8, 4) is 0 Å². The Morgan fingerprint density at radius 2 is 2.57 bits per heavy atom. The fraction of sp³-hybridized carbons (Fsp3) is 0.778. The average Bonchev–Trinajstić information content (AvgIpc) is 2.80. The number of hydrogen-bond acceptors (Lipinski definition) is 4. The lowest BCUT2D eigenvalue weighted by Gasteiger charge is -2.20. The van der Waals surface area contributed by atoms with Crippen LogP contribution in [0.1, 0.15) is 18.3 Å². The normalized spacial score (nSPS) is 24.0. The van der Waals surface area contributed by atoms with Gasteiger partial charge in [-0.25, -0.2) is 4.98 Å². The minimum absolute atomic E-state index is 0.359. The number of nitrogens with one attached hydrogen (secondary N) is 1. The predicted molar refractivity (Wildman–Crippen MR) is 58.2 cm³/mol. The highest BCUT2D eigenvalue weighted by Gasteiger charge is 2.28. The van der Waals surface area contributed by atoms with E-state index in [0.717, 1.165) is 5.82 Å². The maximum atomic E-state index is 4.31. The van der Waals surface area contributed by atoms with E-state index < -0.39 is 0 Å². The third kappa shape index (κ3) is 1.79. The fourth-order valence-corrected chi connectivity index (χ4v) is 3.28. The van der Waals surface area contributed by atoms with Crippen LogP contribution in [0.25, 0.3) is 0 Å². The molecular formula is C9H16N4S. The van der Waals surface area contributed by atoms with Gasteiger partial charge in [0.05, 0.1) is 6.04 Å². The van der Waals surface area contributed by atoms with Gasteiger partial charge in [0.2, 0.25) is 0 Å². The Morgan fingerprint density at radius 3 is 3.07 bits per heavy atom. The molecule has 0 radical (unpaired) electrons. The van der Waals surface area contributed by atoms with E-state index in [9.17, 15) is 0 Å². The van der Waals surface area contributed by atoms with Crippen LogP contribution in [0.2, 0.25) is 0 Å². The first kappa shape index (κ1) is 9.98. The van der Waals surface area contributed by atoms with E-state index in [2.05, 4.69) is 15.4 Å². The maximum Gasteiger partial charge on any atom is 0.144 e. The van der Waals surface area contributed by atoms with Crippen molar-refractivity contribution in [3.63, 3.8) is 0 Å². The first-order valence-electron chi connectivity index (χ1n) is 4.92. The molecule has 1 N–H and O–H groups in total. The third-order valence-electron chi connectivity index (χ3n) is 2.77. The summed E-state index contributed by atoms with van der Waals surface area (Å²) in [7, 11) is 3.96. The molecule has 2 rings (SSSR count). The van der Waals surface area contributed by atoms with E-state index in [4.69, 9.17) is 0 Å². The van der Waals surface area contributed by atoms with Crippen LogP contribution >= 0.6 is 11.8 Å². The van der Waals surface area contributed by atoms with Gasteiger partial charge in [-0.2, -0.15) is 16.9 Å². The molecule has 0 amide bonds. The summed E-state index contributed by atoms with van der Waals surface area (Å²) >= 11 is 2.03. The maximum absolute atomic E-state index is 4.31. The molecule has 78 valence electrons. The van der Waals surface area contributed by atoms with Gasteiger partial charge < -0.3 is 5.32 Å². The molecule has 2 unspecified atom stereocenters.